The van der Waals surface area contributed by atoms with E-state index in [1.165, 1.54) is 0 Å². The van der Waals surface area contributed by atoms with Crippen LogP contribution in [0.3, 0.4) is 0 Å². The van der Waals surface area contributed by atoms with Gasteiger partial charge in [-0.05, 0) is 51.1 Å². The highest BCUT2D eigenvalue weighted by Crippen LogP contribution is 2.19. The maximum atomic E-state index is 12.2. The minimum atomic E-state index is -0.685. The van der Waals surface area contributed by atoms with E-state index < -0.39 is 11.8 Å². The van der Waals surface area contributed by atoms with E-state index in [1.807, 2.05) is 24.3 Å². The molecule has 1 aromatic carbocycles. The molecule has 3 rings (SSSR count). The Morgan fingerprint density at radius 3 is 2.20 bits per heavy atom. The Morgan fingerprint density at radius 2 is 1.60 bits per heavy atom. The van der Waals surface area contributed by atoms with Crippen LogP contribution in [0.4, 0.5) is 16.2 Å². The molecule has 3 amide bonds. The molecule has 0 aliphatic carbocycles. The average molecular weight is 418 g/mol. The second-order valence-corrected chi connectivity index (χ2v) is 7.73. The van der Waals surface area contributed by atoms with Crippen LogP contribution in [0.5, 0.6) is 0 Å². The molecule has 2 aliphatic rings. The number of hydrogen-bond acceptors (Lipinski definition) is 6. The number of rotatable bonds is 4. The van der Waals surface area contributed by atoms with Gasteiger partial charge >= 0.3 is 17.9 Å². The molecule has 0 unspecified atom stereocenters. The van der Waals surface area contributed by atoms with Crippen molar-refractivity contribution in [2.75, 3.05) is 63.1 Å². The topological polar surface area (TPSA) is 94.2 Å². The van der Waals surface area contributed by atoms with Gasteiger partial charge in [0.1, 0.15) is 0 Å². The van der Waals surface area contributed by atoms with Crippen LogP contribution >= 0.6 is 0 Å². The minimum absolute atomic E-state index is 0.131. The maximum Gasteiger partial charge on any atom is 0.409 e. The lowest BCUT2D eigenvalue weighted by molar-refractivity contribution is -0.136. The Bertz CT molecular complexity index is 738. The maximum absolute atomic E-state index is 12.2. The van der Waals surface area contributed by atoms with Crippen LogP contribution in [-0.4, -0.2) is 86.7 Å². The van der Waals surface area contributed by atoms with Gasteiger partial charge in [0.05, 0.1) is 6.61 Å². The standard InChI is InChI=1S/C21H31N5O4/c1-3-30-21(29)26-10-8-17(9-11-26)23-20(28)19(27)22-16-4-6-18(7-5-16)25-14-12-24(2)13-15-25/h4-7,17H,3,8-15H2,1-2H3,(H,22,27)(H,23,28). The van der Waals surface area contributed by atoms with Crippen LogP contribution in [0.15, 0.2) is 24.3 Å². The largest absolute Gasteiger partial charge is 0.450 e. The van der Waals surface area contributed by atoms with Gasteiger partial charge in [0.15, 0.2) is 0 Å². The first-order valence-corrected chi connectivity index (χ1v) is 10.5. The van der Waals surface area contributed by atoms with Gasteiger partial charge in [-0.3, -0.25) is 9.59 Å². The van der Waals surface area contributed by atoms with Gasteiger partial charge in [0.2, 0.25) is 0 Å². The molecule has 30 heavy (non-hydrogen) atoms. The normalized spacial score (nSPS) is 18.1. The second-order valence-electron chi connectivity index (χ2n) is 7.73. The molecule has 0 saturated carbocycles. The molecule has 2 fully saturated rings. The number of piperidine rings is 1. The van der Waals surface area contributed by atoms with Crippen molar-refractivity contribution < 1.29 is 19.1 Å². The van der Waals surface area contributed by atoms with Crippen LogP contribution < -0.4 is 15.5 Å². The summed E-state index contributed by atoms with van der Waals surface area (Å²) in [5.41, 5.74) is 1.70. The van der Waals surface area contributed by atoms with E-state index in [-0.39, 0.29) is 12.1 Å². The lowest BCUT2D eigenvalue weighted by Crippen LogP contribution is -2.49. The van der Waals surface area contributed by atoms with Crippen molar-refractivity contribution in [1.82, 2.24) is 15.1 Å². The summed E-state index contributed by atoms with van der Waals surface area (Å²) in [6, 6.07) is 7.43. The molecular formula is C21H31N5O4. The van der Waals surface area contributed by atoms with Crippen LogP contribution in [0.2, 0.25) is 0 Å². The summed E-state index contributed by atoms with van der Waals surface area (Å²) in [7, 11) is 2.12. The van der Waals surface area contributed by atoms with Gasteiger partial charge in [0.25, 0.3) is 0 Å². The Morgan fingerprint density at radius 1 is 0.967 bits per heavy atom. The highest BCUT2D eigenvalue weighted by molar-refractivity contribution is 6.39. The van der Waals surface area contributed by atoms with Gasteiger partial charge in [-0.2, -0.15) is 0 Å². The summed E-state index contributed by atoms with van der Waals surface area (Å²) in [5, 5.41) is 5.40. The van der Waals surface area contributed by atoms with Gasteiger partial charge in [-0.25, -0.2) is 4.79 Å². The minimum Gasteiger partial charge on any atom is -0.450 e. The zero-order chi connectivity index (χ0) is 21.5. The number of nitrogens with zero attached hydrogens (tertiary/aromatic N) is 3. The number of amides is 3. The van der Waals surface area contributed by atoms with E-state index in [0.717, 1.165) is 31.9 Å². The summed E-state index contributed by atoms with van der Waals surface area (Å²) < 4.78 is 4.98. The number of hydrogen-bond donors (Lipinski definition) is 2. The Balaban J connectivity index is 1.43. The van der Waals surface area contributed by atoms with E-state index in [2.05, 4.69) is 27.5 Å². The van der Waals surface area contributed by atoms with Crippen LogP contribution in [-0.2, 0) is 14.3 Å². The van der Waals surface area contributed by atoms with Gasteiger partial charge in [-0.1, -0.05) is 0 Å². The third-order valence-corrected chi connectivity index (χ3v) is 5.56. The zero-order valence-corrected chi connectivity index (χ0v) is 17.7. The molecular weight excluding hydrogens is 386 g/mol. The molecule has 2 saturated heterocycles. The van der Waals surface area contributed by atoms with E-state index in [0.29, 0.717) is 38.2 Å². The van der Waals surface area contributed by atoms with Crippen LogP contribution in [0.1, 0.15) is 19.8 Å². The Labute approximate surface area is 177 Å². The highest BCUT2D eigenvalue weighted by Gasteiger charge is 2.26. The van der Waals surface area contributed by atoms with Gasteiger partial charge in [0, 0.05) is 56.7 Å². The first-order valence-electron chi connectivity index (χ1n) is 10.5. The van der Waals surface area contributed by atoms with Crippen molar-refractivity contribution in [3.05, 3.63) is 24.3 Å². The van der Waals surface area contributed by atoms with Crippen molar-refractivity contribution in [1.29, 1.82) is 0 Å². The first-order chi connectivity index (χ1) is 14.5. The summed E-state index contributed by atoms with van der Waals surface area (Å²) in [5.74, 6) is -1.34. The molecule has 9 heteroatoms. The molecule has 2 N–H and O–H groups in total. The van der Waals surface area contributed by atoms with E-state index in [9.17, 15) is 14.4 Å². The highest BCUT2D eigenvalue weighted by atomic mass is 16.6. The number of piperazine rings is 1. The number of carbonyl (C=O) groups is 3. The third kappa shape index (κ3) is 5.85. The van der Waals surface area contributed by atoms with Crippen LogP contribution in [0.25, 0.3) is 0 Å². The quantitative estimate of drug-likeness (QED) is 0.713. The van der Waals surface area contributed by atoms with E-state index in [4.69, 9.17) is 4.74 Å². The van der Waals surface area contributed by atoms with Gasteiger partial charge in [-0.15, -0.1) is 0 Å². The van der Waals surface area contributed by atoms with Crippen molar-refractivity contribution in [3.8, 4) is 0 Å². The van der Waals surface area contributed by atoms with E-state index >= 15 is 0 Å². The molecule has 9 nitrogen and oxygen atoms in total. The molecule has 0 spiro atoms. The summed E-state index contributed by atoms with van der Waals surface area (Å²) >= 11 is 0. The van der Waals surface area contributed by atoms with Gasteiger partial charge < -0.3 is 30.1 Å². The molecule has 0 radical (unpaired) electrons. The van der Waals surface area contributed by atoms with Crippen molar-refractivity contribution in [3.63, 3.8) is 0 Å². The fourth-order valence-corrected chi connectivity index (χ4v) is 3.68. The number of carbonyl (C=O) groups excluding carboxylic acids is 3. The Kier molecular flexibility index (Phi) is 7.51. The fourth-order valence-electron chi connectivity index (χ4n) is 3.68. The number of anilines is 2. The predicted molar refractivity (Wildman–Crippen MR) is 115 cm³/mol. The predicted octanol–water partition coefficient (Wildman–Crippen LogP) is 1.11. The summed E-state index contributed by atoms with van der Waals surface area (Å²) in [4.78, 5) is 42.4. The number of ether oxygens (including phenoxy) is 1. The summed E-state index contributed by atoms with van der Waals surface area (Å²) in [6.07, 6.45) is 0.856. The van der Waals surface area contributed by atoms with Crippen molar-refractivity contribution >= 4 is 29.3 Å². The molecule has 164 valence electrons. The SMILES string of the molecule is CCOC(=O)N1CCC(NC(=O)C(=O)Nc2ccc(N3CCN(C)CC3)cc2)CC1. The lowest BCUT2D eigenvalue weighted by atomic mass is 10.1. The lowest BCUT2D eigenvalue weighted by Gasteiger charge is -2.34. The molecule has 2 aliphatic heterocycles. The smallest absolute Gasteiger partial charge is 0.409 e. The van der Waals surface area contributed by atoms with Crippen molar-refractivity contribution in [2.24, 2.45) is 0 Å². The number of likely N-dealkylation sites (tertiary alicyclic amines) is 1. The Hall–Kier alpha value is -2.81. The molecule has 1 aromatic rings. The molecule has 0 atom stereocenters. The second kappa shape index (κ2) is 10.3. The fraction of sp³-hybridized carbons (Fsp3) is 0.571. The average Bonchev–Trinajstić information content (AvgIpc) is 2.75. The molecule has 0 bridgehead atoms. The molecule has 0 aromatic heterocycles. The molecule has 2 heterocycles. The zero-order valence-electron chi connectivity index (χ0n) is 17.7. The van der Waals surface area contributed by atoms with Crippen LogP contribution in [0, 0.1) is 0 Å². The van der Waals surface area contributed by atoms with Crippen molar-refractivity contribution in [2.45, 2.75) is 25.8 Å². The van der Waals surface area contributed by atoms with E-state index in [1.54, 1.807) is 11.8 Å². The number of nitrogens with one attached hydrogen (secondary N) is 2. The summed E-state index contributed by atoms with van der Waals surface area (Å²) in [6.45, 7) is 7.10. The monoisotopic (exact) mass is 417 g/mol. The first kappa shape index (κ1) is 21.9. The third-order valence-electron chi connectivity index (χ3n) is 5.56. The number of benzene rings is 1. The number of likely N-dealkylation sites (N-methyl/N-ethyl adjacent to an activating group) is 1.